The number of hydrogen-bond acceptors (Lipinski definition) is 1. The minimum absolute atomic E-state index is 0.393. The van der Waals surface area contributed by atoms with Gasteiger partial charge in [-0.2, -0.15) is 0 Å². The zero-order valence-electron chi connectivity index (χ0n) is 8.12. The van der Waals surface area contributed by atoms with Crippen molar-refractivity contribution in [2.24, 2.45) is 0 Å². The molecule has 1 aromatic rings. The third kappa shape index (κ3) is 2.35. The predicted octanol–water partition coefficient (Wildman–Crippen LogP) is 3.20. The van der Waals surface area contributed by atoms with E-state index in [9.17, 15) is 0 Å². The lowest BCUT2D eigenvalue weighted by Gasteiger charge is -2.22. The lowest BCUT2D eigenvalue weighted by molar-refractivity contribution is 0.192. The molecule has 0 spiro atoms. The van der Waals surface area contributed by atoms with Crippen LogP contribution in [0.25, 0.3) is 0 Å². The van der Waals surface area contributed by atoms with E-state index < -0.39 is 0 Å². The third-order valence-electron chi connectivity index (χ3n) is 2.12. The first-order chi connectivity index (χ1) is 6.36. The first-order valence-corrected chi connectivity index (χ1v) is 4.61. The number of para-hydroxylation sites is 1. The molecule has 1 heterocycles. The molecule has 1 aliphatic heterocycles. The van der Waals surface area contributed by atoms with Crippen LogP contribution >= 0.6 is 0 Å². The average molecular weight is 176 g/mol. The highest BCUT2D eigenvalue weighted by Crippen LogP contribution is 2.26. The summed E-state index contributed by atoms with van der Waals surface area (Å²) in [5, 5.41) is 0. The summed E-state index contributed by atoms with van der Waals surface area (Å²) in [6.45, 7) is 8.12. The lowest BCUT2D eigenvalue weighted by atomic mass is 10.0. The lowest BCUT2D eigenvalue weighted by Crippen LogP contribution is -2.18. The van der Waals surface area contributed by atoms with Gasteiger partial charge in [-0.3, -0.25) is 0 Å². The van der Waals surface area contributed by atoms with Gasteiger partial charge in [0.05, 0.1) is 6.10 Å². The third-order valence-corrected chi connectivity index (χ3v) is 2.12. The molecule has 1 nitrogen and oxygen atoms in total. The summed E-state index contributed by atoms with van der Waals surface area (Å²) in [6.07, 6.45) is 2.71. The molecule has 1 aliphatic rings. The normalized spacial score (nSPS) is 19.0. The molecule has 13 heavy (non-hydrogen) atoms. The van der Waals surface area contributed by atoms with Crippen LogP contribution in [-0.2, 0) is 6.42 Å². The fourth-order valence-electron chi connectivity index (χ4n) is 1.46. The second-order valence-corrected chi connectivity index (χ2v) is 3.07. The molecule has 0 fully saturated rings. The van der Waals surface area contributed by atoms with Crippen molar-refractivity contribution in [1.82, 2.24) is 0 Å². The number of benzene rings is 1. The number of ether oxygens (including phenoxy) is 1. The van der Waals surface area contributed by atoms with E-state index in [4.69, 9.17) is 4.74 Å². The van der Waals surface area contributed by atoms with Gasteiger partial charge in [0.2, 0.25) is 0 Å². The van der Waals surface area contributed by atoms with Gasteiger partial charge >= 0.3 is 0 Å². The maximum absolute atomic E-state index is 5.63. The summed E-state index contributed by atoms with van der Waals surface area (Å²) in [5.41, 5.74) is 1.35. The molecule has 1 aromatic carbocycles. The van der Waals surface area contributed by atoms with Gasteiger partial charge in [-0.25, -0.2) is 0 Å². The Labute approximate surface area is 80.0 Å². The van der Waals surface area contributed by atoms with Crippen LogP contribution in [0.5, 0.6) is 5.75 Å². The van der Waals surface area contributed by atoms with Crippen LogP contribution in [0.1, 0.15) is 18.9 Å². The summed E-state index contributed by atoms with van der Waals surface area (Å²) in [4.78, 5) is 0. The molecule has 1 heteroatoms. The first kappa shape index (κ1) is 9.85. The Morgan fingerprint density at radius 3 is 2.77 bits per heavy atom. The van der Waals surface area contributed by atoms with Crippen molar-refractivity contribution in [3.8, 4) is 5.75 Å². The van der Waals surface area contributed by atoms with E-state index in [0.29, 0.717) is 6.10 Å². The van der Waals surface area contributed by atoms with Crippen LogP contribution in [0.4, 0.5) is 0 Å². The number of rotatable bonds is 0. The van der Waals surface area contributed by atoms with E-state index in [1.54, 1.807) is 0 Å². The van der Waals surface area contributed by atoms with Crippen molar-refractivity contribution in [3.05, 3.63) is 43.0 Å². The van der Waals surface area contributed by atoms with Crippen LogP contribution in [0.15, 0.2) is 37.4 Å². The van der Waals surface area contributed by atoms with E-state index >= 15 is 0 Å². The first-order valence-electron chi connectivity index (χ1n) is 4.61. The molecule has 0 amide bonds. The van der Waals surface area contributed by atoms with Gasteiger partial charge in [0.15, 0.2) is 0 Å². The van der Waals surface area contributed by atoms with Gasteiger partial charge in [0.25, 0.3) is 0 Å². The standard InChI is InChI=1S/C10H12O.C2H4/c1-8-6-7-9-4-2-3-5-10(9)11-8;1-2/h2-5,8H,6-7H2,1H3;1-2H2. The summed E-state index contributed by atoms with van der Waals surface area (Å²) < 4.78 is 5.63. The Morgan fingerprint density at radius 2 is 2.00 bits per heavy atom. The van der Waals surface area contributed by atoms with Gasteiger partial charge in [-0.15, -0.1) is 13.2 Å². The summed E-state index contributed by atoms with van der Waals surface area (Å²) in [7, 11) is 0. The summed E-state index contributed by atoms with van der Waals surface area (Å²) >= 11 is 0. The highest BCUT2D eigenvalue weighted by atomic mass is 16.5. The highest BCUT2D eigenvalue weighted by molar-refractivity contribution is 5.34. The van der Waals surface area contributed by atoms with E-state index in [0.717, 1.165) is 18.6 Å². The van der Waals surface area contributed by atoms with Crippen LogP contribution < -0.4 is 4.74 Å². The van der Waals surface area contributed by atoms with Crippen molar-refractivity contribution < 1.29 is 4.74 Å². The zero-order chi connectivity index (χ0) is 9.68. The fourth-order valence-corrected chi connectivity index (χ4v) is 1.46. The minimum Gasteiger partial charge on any atom is -0.490 e. The van der Waals surface area contributed by atoms with Gasteiger partial charge in [-0.1, -0.05) is 18.2 Å². The molecule has 70 valence electrons. The van der Waals surface area contributed by atoms with Crippen molar-refractivity contribution >= 4 is 0 Å². The van der Waals surface area contributed by atoms with E-state index in [2.05, 4.69) is 32.2 Å². The largest absolute Gasteiger partial charge is 0.490 e. The van der Waals surface area contributed by atoms with Crippen molar-refractivity contribution in [2.45, 2.75) is 25.9 Å². The maximum Gasteiger partial charge on any atom is 0.122 e. The van der Waals surface area contributed by atoms with Crippen LogP contribution in [0.3, 0.4) is 0 Å². The molecule has 0 bridgehead atoms. The second-order valence-electron chi connectivity index (χ2n) is 3.07. The Kier molecular flexibility index (Phi) is 3.56. The molecule has 0 aromatic heterocycles. The van der Waals surface area contributed by atoms with E-state index in [1.165, 1.54) is 5.56 Å². The number of fused-ring (bicyclic) bond motifs is 1. The van der Waals surface area contributed by atoms with Crippen molar-refractivity contribution in [2.75, 3.05) is 0 Å². The second kappa shape index (κ2) is 4.70. The van der Waals surface area contributed by atoms with Crippen LogP contribution in [0, 0.1) is 0 Å². The Hall–Kier alpha value is -1.24. The number of aryl methyl sites for hydroxylation is 1. The van der Waals surface area contributed by atoms with Crippen molar-refractivity contribution in [1.29, 1.82) is 0 Å². The molecule has 0 aliphatic carbocycles. The van der Waals surface area contributed by atoms with E-state index in [1.807, 2.05) is 12.1 Å². The molecule has 0 N–H and O–H groups in total. The molecular formula is C12H16O. The number of hydrogen-bond donors (Lipinski definition) is 0. The average Bonchev–Trinajstić information content (AvgIpc) is 2.21. The SMILES string of the molecule is C=C.CC1CCc2ccccc2O1. The topological polar surface area (TPSA) is 9.23 Å². The minimum atomic E-state index is 0.393. The van der Waals surface area contributed by atoms with Gasteiger partial charge < -0.3 is 4.74 Å². The van der Waals surface area contributed by atoms with Crippen molar-refractivity contribution in [3.63, 3.8) is 0 Å². The van der Waals surface area contributed by atoms with Crippen LogP contribution in [0.2, 0.25) is 0 Å². The Bertz CT molecular complexity index is 268. The highest BCUT2D eigenvalue weighted by Gasteiger charge is 2.13. The Morgan fingerprint density at radius 1 is 1.31 bits per heavy atom. The maximum atomic E-state index is 5.63. The molecule has 1 atom stereocenters. The smallest absolute Gasteiger partial charge is 0.122 e. The van der Waals surface area contributed by atoms with E-state index in [-0.39, 0.29) is 0 Å². The zero-order valence-corrected chi connectivity index (χ0v) is 8.12. The van der Waals surface area contributed by atoms with Crippen LogP contribution in [-0.4, -0.2) is 6.10 Å². The Balaban J connectivity index is 0.000000396. The monoisotopic (exact) mass is 176 g/mol. The predicted molar refractivity (Wildman–Crippen MR) is 56.1 cm³/mol. The van der Waals surface area contributed by atoms with Gasteiger partial charge in [-0.05, 0) is 31.4 Å². The summed E-state index contributed by atoms with van der Waals surface area (Å²) in [6, 6.07) is 8.28. The van der Waals surface area contributed by atoms with Gasteiger partial charge in [0, 0.05) is 0 Å². The quantitative estimate of drug-likeness (QED) is 0.551. The molecule has 1 unspecified atom stereocenters. The molecule has 0 radical (unpaired) electrons. The molecule has 0 saturated carbocycles. The summed E-state index contributed by atoms with van der Waals surface area (Å²) in [5.74, 6) is 1.08. The fraction of sp³-hybridized carbons (Fsp3) is 0.333. The van der Waals surface area contributed by atoms with Gasteiger partial charge in [0.1, 0.15) is 5.75 Å². The molecular weight excluding hydrogens is 160 g/mol. The molecule has 2 rings (SSSR count). The molecule has 0 saturated heterocycles.